The third-order valence-corrected chi connectivity index (χ3v) is 5.61. The maximum absolute atomic E-state index is 12.9. The summed E-state index contributed by atoms with van der Waals surface area (Å²) in [6.45, 7) is 3.94. The highest BCUT2D eigenvalue weighted by Crippen LogP contribution is 2.26. The second-order valence-electron chi connectivity index (χ2n) is 6.65. The van der Waals surface area contributed by atoms with Gasteiger partial charge in [-0.05, 0) is 36.1 Å². The lowest BCUT2D eigenvalue weighted by molar-refractivity contribution is 0.0787. The van der Waals surface area contributed by atoms with Crippen LogP contribution in [-0.4, -0.2) is 33.9 Å². The Kier molecular flexibility index (Phi) is 4.49. The van der Waals surface area contributed by atoms with Gasteiger partial charge in [0.05, 0.1) is 11.0 Å². The molecule has 2 aromatic carbocycles. The van der Waals surface area contributed by atoms with Crippen LogP contribution in [0.15, 0.2) is 53.7 Å². The number of aromatic nitrogens is 2. The molecule has 0 bridgehead atoms. The van der Waals surface area contributed by atoms with E-state index < -0.39 is 0 Å². The van der Waals surface area contributed by atoms with Crippen molar-refractivity contribution in [1.82, 2.24) is 14.9 Å². The molecular weight excluding hydrogens is 330 g/mol. The van der Waals surface area contributed by atoms with Crippen LogP contribution < -0.4 is 0 Å². The minimum Gasteiger partial charge on any atom is -0.338 e. The van der Waals surface area contributed by atoms with E-state index >= 15 is 0 Å². The highest BCUT2D eigenvalue weighted by molar-refractivity contribution is 7.98. The lowest BCUT2D eigenvalue weighted by atomic mass is 10.1. The zero-order chi connectivity index (χ0) is 17.2. The fourth-order valence-corrected chi connectivity index (χ4v) is 4.18. The third-order valence-electron chi connectivity index (χ3n) is 4.69. The highest BCUT2D eigenvalue weighted by atomic mass is 32.2. The second kappa shape index (κ2) is 6.92. The van der Waals surface area contributed by atoms with Gasteiger partial charge in [-0.25, -0.2) is 4.98 Å². The van der Waals surface area contributed by atoms with Crippen molar-refractivity contribution in [3.8, 4) is 0 Å². The molecule has 0 radical (unpaired) electrons. The van der Waals surface area contributed by atoms with Gasteiger partial charge in [0.25, 0.3) is 5.91 Å². The topological polar surface area (TPSA) is 49.0 Å². The molecule has 1 amide bonds. The predicted octanol–water partition coefficient (Wildman–Crippen LogP) is 4.34. The van der Waals surface area contributed by atoms with Gasteiger partial charge in [0, 0.05) is 24.4 Å². The van der Waals surface area contributed by atoms with Crippen molar-refractivity contribution in [1.29, 1.82) is 0 Å². The number of imidazole rings is 1. The molecule has 1 aromatic heterocycles. The quantitative estimate of drug-likeness (QED) is 0.712. The van der Waals surface area contributed by atoms with E-state index in [9.17, 15) is 4.79 Å². The van der Waals surface area contributed by atoms with Crippen molar-refractivity contribution in [3.05, 3.63) is 59.7 Å². The van der Waals surface area contributed by atoms with Gasteiger partial charge in [-0.2, -0.15) is 0 Å². The summed E-state index contributed by atoms with van der Waals surface area (Å²) in [6.07, 6.45) is 1.10. The molecule has 5 heteroatoms. The van der Waals surface area contributed by atoms with E-state index in [0.29, 0.717) is 5.92 Å². The molecule has 4 nitrogen and oxygen atoms in total. The second-order valence-corrected chi connectivity index (χ2v) is 7.61. The fourth-order valence-electron chi connectivity index (χ4n) is 3.29. The number of likely N-dealkylation sites (tertiary alicyclic amines) is 1. The molecule has 0 aliphatic carbocycles. The van der Waals surface area contributed by atoms with E-state index in [1.165, 1.54) is 0 Å². The first-order valence-electron chi connectivity index (χ1n) is 8.65. The van der Waals surface area contributed by atoms with Crippen LogP contribution in [0.3, 0.4) is 0 Å². The summed E-state index contributed by atoms with van der Waals surface area (Å²) in [6, 6.07) is 15.9. The average molecular weight is 351 g/mol. The number of aromatic amines is 1. The third kappa shape index (κ3) is 3.42. The molecule has 2 heterocycles. The van der Waals surface area contributed by atoms with Gasteiger partial charge >= 0.3 is 0 Å². The van der Waals surface area contributed by atoms with Crippen molar-refractivity contribution in [3.63, 3.8) is 0 Å². The van der Waals surface area contributed by atoms with Gasteiger partial charge in [-0.1, -0.05) is 49.0 Å². The lowest BCUT2D eigenvalue weighted by Gasteiger charge is -2.18. The molecule has 4 rings (SSSR count). The molecule has 1 saturated heterocycles. The summed E-state index contributed by atoms with van der Waals surface area (Å²) in [5.74, 6) is 1.48. The Morgan fingerprint density at radius 2 is 2.04 bits per heavy atom. The zero-order valence-electron chi connectivity index (χ0n) is 14.2. The number of thioether (sulfide) groups is 1. The summed E-state index contributed by atoms with van der Waals surface area (Å²) < 4.78 is 0. The molecule has 0 saturated carbocycles. The van der Waals surface area contributed by atoms with Gasteiger partial charge < -0.3 is 9.88 Å². The Hall–Kier alpha value is -2.27. The minimum absolute atomic E-state index is 0.158. The van der Waals surface area contributed by atoms with Crippen molar-refractivity contribution in [2.75, 3.05) is 13.1 Å². The molecule has 1 aliphatic heterocycles. The summed E-state index contributed by atoms with van der Waals surface area (Å²) in [7, 11) is 0. The first-order chi connectivity index (χ1) is 12.2. The molecule has 1 N–H and O–H groups in total. The molecule has 128 valence electrons. The molecular formula is C20H21N3OS. The standard InChI is InChI=1S/C20H21N3OS/c1-14-10-11-23(12-14)19(24)16-7-3-2-6-15(16)13-25-20-21-17-8-4-5-9-18(17)22-20/h2-9,14H,10-13H2,1H3,(H,21,22)/t14-/m1/s1. The first-order valence-corrected chi connectivity index (χ1v) is 9.64. The smallest absolute Gasteiger partial charge is 0.254 e. The Balaban J connectivity index is 1.51. The van der Waals surface area contributed by atoms with Crippen LogP contribution in [0, 0.1) is 5.92 Å². The number of rotatable bonds is 4. The Morgan fingerprint density at radius 1 is 1.24 bits per heavy atom. The Morgan fingerprint density at radius 3 is 2.84 bits per heavy atom. The summed E-state index contributed by atoms with van der Waals surface area (Å²) >= 11 is 1.64. The number of para-hydroxylation sites is 2. The van der Waals surface area contributed by atoms with Crippen LogP contribution in [0.2, 0.25) is 0 Å². The zero-order valence-corrected chi connectivity index (χ0v) is 15.1. The average Bonchev–Trinajstić information content (AvgIpc) is 3.25. The van der Waals surface area contributed by atoms with E-state index in [2.05, 4.69) is 16.9 Å². The number of hydrogen-bond acceptors (Lipinski definition) is 3. The minimum atomic E-state index is 0.158. The van der Waals surface area contributed by atoms with Crippen LogP contribution in [0.5, 0.6) is 0 Å². The number of benzene rings is 2. The van der Waals surface area contributed by atoms with Crippen LogP contribution in [0.4, 0.5) is 0 Å². The number of H-pyrrole nitrogens is 1. The van der Waals surface area contributed by atoms with Crippen LogP contribution in [0.1, 0.15) is 29.3 Å². The van der Waals surface area contributed by atoms with Crippen LogP contribution in [-0.2, 0) is 5.75 Å². The molecule has 0 unspecified atom stereocenters. The van der Waals surface area contributed by atoms with Crippen molar-refractivity contribution < 1.29 is 4.79 Å². The molecule has 0 spiro atoms. The number of carbonyl (C=O) groups excluding carboxylic acids is 1. The number of carbonyl (C=O) groups is 1. The maximum atomic E-state index is 12.9. The molecule has 1 aliphatic rings. The predicted molar refractivity (Wildman–Crippen MR) is 102 cm³/mol. The van der Waals surface area contributed by atoms with Crippen LogP contribution in [0.25, 0.3) is 11.0 Å². The molecule has 25 heavy (non-hydrogen) atoms. The van der Waals surface area contributed by atoms with Gasteiger partial charge in [-0.15, -0.1) is 0 Å². The molecule has 1 atom stereocenters. The number of hydrogen-bond donors (Lipinski definition) is 1. The van der Waals surface area contributed by atoms with Gasteiger partial charge in [-0.3, -0.25) is 4.79 Å². The monoisotopic (exact) mass is 351 g/mol. The first kappa shape index (κ1) is 16.2. The van der Waals surface area contributed by atoms with Crippen molar-refractivity contribution >= 4 is 28.7 Å². The summed E-state index contributed by atoms with van der Waals surface area (Å²) in [5, 5.41) is 0.887. The number of fused-ring (bicyclic) bond motifs is 1. The molecule has 1 fully saturated rings. The Labute approximate surface area is 151 Å². The SMILES string of the molecule is C[C@@H]1CCN(C(=O)c2ccccc2CSc2nc3ccccc3[nH]2)C1. The van der Waals surface area contributed by atoms with Gasteiger partial charge in [0.1, 0.15) is 0 Å². The molecule has 3 aromatic rings. The maximum Gasteiger partial charge on any atom is 0.254 e. The van der Waals surface area contributed by atoms with Gasteiger partial charge in [0.2, 0.25) is 0 Å². The number of amides is 1. The van der Waals surface area contributed by atoms with E-state index in [0.717, 1.165) is 52.6 Å². The summed E-state index contributed by atoms with van der Waals surface area (Å²) in [5.41, 5.74) is 3.90. The van der Waals surface area contributed by atoms with E-state index in [1.807, 2.05) is 53.4 Å². The summed E-state index contributed by atoms with van der Waals surface area (Å²) in [4.78, 5) is 22.8. The number of nitrogens with zero attached hydrogens (tertiary/aromatic N) is 2. The largest absolute Gasteiger partial charge is 0.338 e. The Bertz CT molecular complexity index is 872. The normalized spacial score (nSPS) is 17.3. The van der Waals surface area contributed by atoms with Crippen LogP contribution >= 0.6 is 11.8 Å². The van der Waals surface area contributed by atoms with E-state index in [-0.39, 0.29) is 5.91 Å². The fraction of sp³-hybridized carbons (Fsp3) is 0.300. The van der Waals surface area contributed by atoms with Crippen molar-refractivity contribution in [2.45, 2.75) is 24.3 Å². The van der Waals surface area contributed by atoms with Gasteiger partial charge in [0.15, 0.2) is 5.16 Å². The van der Waals surface area contributed by atoms with E-state index in [1.54, 1.807) is 11.8 Å². The lowest BCUT2D eigenvalue weighted by Crippen LogP contribution is -2.29. The van der Waals surface area contributed by atoms with E-state index in [4.69, 9.17) is 0 Å². The number of nitrogens with one attached hydrogen (secondary N) is 1. The van der Waals surface area contributed by atoms with Crippen molar-refractivity contribution in [2.24, 2.45) is 5.92 Å². The highest BCUT2D eigenvalue weighted by Gasteiger charge is 2.25.